The lowest BCUT2D eigenvalue weighted by Gasteiger charge is -2.10. The summed E-state index contributed by atoms with van der Waals surface area (Å²) in [5.74, 6) is 1.06. The monoisotopic (exact) mass is 356 g/mol. The molecule has 0 fully saturated rings. The third kappa shape index (κ3) is 2.44. The molecule has 0 bridgehead atoms. The van der Waals surface area contributed by atoms with Gasteiger partial charge in [0.15, 0.2) is 16.5 Å². The van der Waals surface area contributed by atoms with Crippen LogP contribution in [0.1, 0.15) is 0 Å². The van der Waals surface area contributed by atoms with Gasteiger partial charge in [-0.2, -0.15) is 8.42 Å². The summed E-state index contributed by atoms with van der Waals surface area (Å²) in [4.78, 5) is 3.83. The van der Waals surface area contributed by atoms with Gasteiger partial charge in [-0.05, 0) is 28.1 Å². The number of ether oxygens (including phenoxy) is 2. The van der Waals surface area contributed by atoms with Crippen molar-refractivity contribution in [1.29, 1.82) is 0 Å². The van der Waals surface area contributed by atoms with Crippen molar-refractivity contribution in [3.8, 4) is 11.5 Å². The van der Waals surface area contributed by atoms with E-state index in [1.807, 2.05) is 0 Å². The lowest BCUT2D eigenvalue weighted by Crippen LogP contribution is -2.14. The first-order valence-electron chi connectivity index (χ1n) is 5.59. The van der Waals surface area contributed by atoms with Gasteiger partial charge in [0.05, 0.1) is 5.69 Å². The van der Waals surface area contributed by atoms with E-state index in [1.54, 1.807) is 24.3 Å². The Labute approximate surface area is 123 Å². The number of nitrogens with one attached hydrogen (secondary N) is 1. The van der Waals surface area contributed by atoms with Gasteiger partial charge in [0.25, 0.3) is 10.0 Å². The molecule has 6 nitrogen and oxygen atoms in total. The molecule has 0 unspecified atom stereocenters. The zero-order valence-electron chi connectivity index (χ0n) is 10.0. The largest absolute Gasteiger partial charge is 0.454 e. The second-order valence-electron chi connectivity index (χ2n) is 3.96. The highest BCUT2D eigenvalue weighted by molar-refractivity contribution is 9.10. The molecule has 1 aliphatic rings. The van der Waals surface area contributed by atoms with Gasteiger partial charge in [-0.15, -0.1) is 0 Å². The van der Waals surface area contributed by atoms with E-state index in [1.165, 1.54) is 12.3 Å². The molecular weight excluding hydrogens is 348 g/mol. The number of anilines is 1. The highest BCUT2D eigenvalue weighted by Crippen LogP contribution is 2.39. The van der Waals surface area contributed by atoms with E-state index in [0.29, 0.717) is 21.7 Å². The molecule has 20 heavy (non-hydrogen) atoms. The molecule has 1 aromatic carbocycles. The van der Waals surface area contributed by atoms with Crippen LogP contribution in [0, 0.1) is 0 Å². The number of aromatic nitrogens is 1. The fourth-order valence-corrected chi connectivity index (χ4v) is 3.27. The zero-order chi connectivity index (χ0) is 14.2. The summed E-state index contributed by atoms with van der Waals surface area (Å²) in [6, 6.07) is 7.89. The second kappa shape index (κ2) is 4.95. The Bertz CT molecular complexity index is 750. The SMILES string of the molecule is O=S(=O)(Nc1cc2c(cc1Br)OCO2)c1ccccn1. The summed E-state index contributed by atoms with van der Waals surface area (Å²) in [6.45, 7) is 0.123. The fraction of sp³-hybridized carbons (Fsp3) is 0.0833. The van der Waals surface area contributed by atoms with Gasteiger partial charge in [0, 0.05) is 22.8 Å². The summed E-state index contributed by atoms with van der Waals surface area (Å²) >= 11 is 3.29. The number of hydrogen-bond acceptors (Lipinski definition) is 5. The molecule has 0 atom stereocenters. The van der Waals surface area contributed by atoms with Crippen molar-refractivity contribution < 1.29 is 17.9 Å². The van der Waals surface area contributed by atoms with Crippen LogP contribution in [0.2, 0.25) is 0 Å². The molecule has 1 aromatic heterocycles. The van der Waals surface area contributed by atoms with Crippen LogP contribution in [-0.2, 0) is 10.0 Å². The van der Waals surface area contributed by atoms with Crippen molar-refractivity contribution in [2.45, 2.75) is 5.03 Å². The van der Waals surface area contributed by atoms with Gasteiger partial charge in [0.2, 0.25) is 6.79 Å². The Hall–Kier alpha value is -1.80. The van der Waals surface area contributed by atoms with E-state index in [2.05, 4.69) is 25.6 Å². The number of fused-ring (bicyclic) bond motifs is 1. The van der Waals surface area contributed by atoms with E-state index in [-0.39, 0.29) is 11.8 Å². The van der Waals surface area contributed by atoms with Crippen molar-refractivity contribution in [1.82, 2.24) is 4.98 Å². The van der Waals surface area contributed by atoms with Crippen molar-refractivity contribution >= 4 is 31.6 Å². The average Bonchev–Trinajstić information content (AvgIpc) is 2.87. The van der Waals surface area contributed by atoms with Gasteiger partial charge >= 0.3 is 0 Å². The minimum atomic E-state index is -3.74. The number of rotatable bonds is 3. The molecule has 0 amide bonds. The normalized spacial score (nSPS) is 13.2. The summed E-state index contributed by atoms with van der Waals surface area (Å²) in [5.41, 5.74) is 0.361. The summed E-state index contributed by atoms with van der Waals surface area (Å²) < 4.78 is 37.8. The first-order chi connectivity index (χ1) is 9.56. The molecule has 0 aliphatic carbocycles. The average molecular weight is 357 g/mol. The van der Waals surface area contributed by atoms with Crippen molar-refractivity contribution in [2.24, 2.45) is 0 Å². The van der Waals surface area contributed by atoms with Crippen molar-refractivity contribution in [3.63, 3.8) is 0 Å². The number of pyridine rings is 1. The maximum absolute atomic E-state index is 12.2. The lowest BCUT2D eigenvalue weighted by atomic mass is 10.3. The predicted molar refractivity (Wildman–Crippen MR) is 75.3 cm³/mol. The number of halogens is 1. The van der Waals surface area contributed by atoms with Crippen LogP contribution >= 0.6 is 15.9 Å². The highest BCUT2D eigenvalue weighted by Gasteiger charge is 2.21. The third-order valence-electron chi connectivity index (χ3n) is 2.62. The minimum Gasteiger partial charge on any atom is -0.454 e. The fourth-order valence-electron chi connectivity index (χ4n) is 1.70. The van der Waals surface area contributed by atoms with Crippen LogP contribution < -0.4 is 14.2 Å². The van der Waals surface area contributed by atoms with E-state index < -0.39 is 10.0 Å². The quantitative estimate of drug-likeness (QED) is 0.913. The van der Waals surface area contributed by atoms with Crippen LogP contribution in [-0.4, -0.2) is 20.2 Å². The maximum Gasteiger partial charge on any atom is 0.279 e. The number of sulfonamides is 1. The molecule has 0 radical (unpaired) electrons. The molecule has 1 N–H and O–H groups in total. The molecule has 0 saturated heterocycles. The summed E-state index contributed by atoms with van der Waals surface area (Å²) in [6.07, 6.45) is 1.42. The Morgan fingerprint density at radius 3 is 2.65 bits per heavy atom. The zero-order valence-corrected chi connectivity index (χ0v) is 12.4. The number of nitrogens with zero attached hydrogens (tertiary/aromatic N) is 1. The second-order valence-corrected chi connectivity index (χ2v) is 6.44. The highest BCUT2D eigenvalue weighted by atomic mass is 79.9. The van der Waals surface area contributed by atoms with Crippen molar-refractivity contribution in [2.75, 3.05) is 11.5 Å². The van der Waals surface area contributed by atoms with E-state index >= 15 is 0 Å². The van der Waals surface area contributed by atoms with E-state index in [4.69, 9.17) is 9.47 Å². The molecule has 3 rings (SSSR count). The van der Waals surface area contributed by atoms with Crippen LogP contribution in [0.5, 0.6) is 11.5 Å². The first-order valence-corrected chi connectivity index (χ1v) is 7.87. The Balaban J connectivity index is 1.96. The molecule has 2 aromatic rings. The van der Waals surface area contributed by atoms with Gasteiger partial charge in [-0.25, -0.2) is 4.98 Å². The molecule has 104 valence electrons. The van der Waals surface area contributed by atoms with Gasteiger partial charge < -0.3 is 9.47 Å². The Kier molecular flexibility index (Phi) is 3.27. The molecule has 0 spiro atoms. The molecular formula is C12H9BrN2O4S. The molecule has 8 heteroatoms. The predicted octanol–water partition coefficient (Wildman–Crippen LogP) is 2.37. The minimum absolute atomic E-state index is 0.0513. The number of benzene rings is 1. The topological polar surface area (TPSA) is 77.5 Å². The first kappa shape index (κ1) is 13.2. The van der Waals surface area contributed by atoms with E-state index in [0.717, 1.165) is 0 Å². The Morgan fingerprint density at radius 1 is 1.20 bits per heavy atom. The van der Waals surface area contributed by atoms with Crippen LogP contribution in [0.4, 0.5) is 5.69 Å². The smallest absolute Gasteiger partial charge is 0.279 e. The van der Waals surface area contributed by atoms with Gasteiger partial charge in [0.1, 0.15) is 0 Å². The van der Waals surface area contributed by atoms with Crippen LogP contribution in [0.25, 0.3) is 0 Å². The lowest BCUT2D eigenvalue weighted by molar-refractivity contribution is 0.174. The summed E-state index contributed by atoms with van der Waals surface area (Å²) in [5, 5.41) is -0.0513. The number of hydrogen-bond donors (Lipinski definition) is 1. The standard InChI is InChI=1S/C12H9BrN2O4S/c13-8-5-10-11(19-7-18-10)6-9(8)15-20(16,17)12-3-1-2-4-14-12/h1-6,15H,7H2. The van der Waals surface area contributed by atoms with Crippen LogP contribution in [0.3, 0.4) is 0 Å². The van der Waals surface area contributed by atoms with Gasteiger partial charge in [-0.3, -0.25) is 4.72 Å². The Morgan fingerprint density at radius 2 is 1.95 bits per heavy atom. The van der Waals surface area contributed by atoms with Crippen molar-refractivity contribution in [3.05, 3.63) is 41.0 Å². The van der Waals surface area contributed by atoms with Crippen LogP contribution in [0.15, 0.2) is 46.0 Å². The summed E-state index contributed by atoms with van der Waals surface area (Å²) in [7, 11) is -3.74. The van der Waals surface area contributed by atoms with Gasteiger partial charge in [-0.1, -0.05) is 6.07 Å². The molecule has 2 heterocycles. The maximum atomic E-state index is 12.2. The molecule has 0 saturated carbocycles. The molecule has 1 aliphatic heterocycles. The van der Waals surface area contributed by atoms with E-state index in [9.17, 15) is 8.42 Å². The third-order valence-corrected chi connectivity index (χ3v) is 4.56.